The number of nitrogens with zero attached hydrogens (tertiary/aromatic N) is 2. The fourth-order valence-electron chi connectivity index (χ4n) is 3.55. The van der Waals surface area contributed by atoms with Crippen molar-refractivity contribution in [3.63, 3.8) is 0 Å². The molecule has 0 bridgehead atoms. The topological polar surface area (TPSA) is 40.8 Å². The summed E-state index contributed by atoms with van der Waals surface area (Å²) >= 11 is 0. The standard InChI is InChI=1S/C24H23N2O/c1-14(2)18-10-16(4)26(5)20(12-18)23-15(3)6-9-21-24(23)19-8-7-17(13-25)11-22(19)27-21/h6-12,14H,1-5H3/q+1/i1D3,2D3,14D. The van der Waals surface area contributed by atoms with Crippen LogP contribution in [0.5, 0.6) is 0 Å². The third-order valence-electron chi connectivity index (χ3n) is 5.07. The first-order chi connectivity index (χ1) is 15.7. The van der Waals surface area contributed by atoms with Crippen molar-refractivity contribution in [1.82, 2.24) is 0 Å². The highest BCUT2D eigenvalue weighted by Crippen LogP contribution is 2.38. The average Bonchev–Trinajstić information content (AvgIpc) is 3.11. The number of aromatic nitrogens is 1. The van der Waals surface area contributed by atoms with Crippen molar-refractivity contribution in [2.45, 2.75) is 33.4 Å². The maximum atomic E-state index is 9.25. The van der Waals surface area contributed by atoms with E-state index in [1.807, 2.05) is 23.6 Å². The summed E-state index contributed by atoms with van der Waals surface area (Å²) in [5.74, 6) is -2.81. The van der Waals surface area contributed by atoms with Crippen molar-refractivity contribution >= 4 is 21.9 Å². The molecule has 27 heavy (non-hydrogen) atoms. The molecule has 134 valence electrons. The van der Waals surface area contributed by atoms with Crippen LogP contribution in [0.25, 0.3) is 33.2 Å². The van der Waals surface area contributed by atoms with Crippen LogP contribution in [0.15, 0.2) is 46.9 Å². The molecule has 0 aliphatic rings. The normalized spacial score (nSPS) is 16.6. The van der Waals surface area contributed by atoms with Gasteiger partial charge in [-0.25, -0.2) is 0 Å². The molecule has 2 aromatic heterocycles. The first-order valence-electron chi connectivity index (χ1n) is 12.1. The lowest BCUT2D eigenvalue weighted by molar-refractivity contribution is -0.666. The van der Waals surface area contributed by atoms with E-state index in [0.717, 1.165) is 21.9 Å². The van der Waals surface area contributed by atoms with Gasteiger partial charge in [0.05, 0.1) is 17.2 Å². The molecule has 0 N–H and O–H groups in total. The minimum absolute atomic E-state index is 0.103. The lowest BCUT2D eigenvalue weighted by atomic mass is 9.94. The highest BCUT2D eigenvalue weighted by Gasteiger charge is 2.23. The largest absolute Gasteiger partial charge is 0.456 e. The maximum Gasteiger partial charge on any atom is 0.213 e. The molecule has 4 rings (SSSR count). The summed E-state index contributed by atoms with van der Waals surface area (Å²) in [5.41, 5.74) is 4.26. The zero-order valence-electron chi connectivity index (χ0n) is 22.3. The zero-order chi connectivity index (χ0) is 25.2. The molecule has 0 saturated carbocycles. The number of aryl methyl sites for hydroxylation is 2. The maximum absolute atomic E-state index is 9.25. The van der Waals surface area contributed by atoms with Gasteiger partial charge >= 0.3 is 0 Å². The molecule has 0 atom stereocenters. The number of rotatable bonds is 2. The predicted octanol–water partition coefficient (Wildman–Crippen LogP) is 5.69. The molecule has 0 spiro atoms. The highest BCUT2D eigenvalue weighted by atomic mass is 16.3. The molecule has 3 heteroatoms. The number of furan rings is 1. The number of hydrogen-bond acceptors (Lipinski definition) is 2. The summed E-state index contributed by atoms with van der Waals surface area (Å²) in [6.07, 6.45) is 0. The lowest BCUT2D eigenvalue weighted by Crippen LogP contribution is -2.35. The number of fused-ring (bicyclic) bond motifs is 3. The first-order valence-corrected chi connectivity index (χ1v) is 8.58. The molecule has 2 aromatic carbocycles. The Morgan fingerprint density at radius 3 is 2.67 bits per heavy atom. The summed E-state index contributed by atoms with van der Waals surface area (Å²) in [4.78, 5) is 0. The van der Waals surface area contributed by atoms with Crippen molar-refractivity contribution in [2.24, 2.45) is 7.05 Å². The summed E-state index contributed by atoms with van der Waals surface area (Å²) < 4.78 is 64.0. The van der Waals surface area contributed by atoms with E-state index in [1.54, 1.807) is 32.2 Å². The molecule has 0 saturated heterocycles. The van der Waals surface area contributed by atoms with E-state index in [-0.39, 0.29) is 5.56 Å². The summed E-state index contributed by atoms with van der Waals surface area (Å²) in [6, 6.07) is 13.9. The van der Waals surface area contributed by atoms with E-state index >= 15 is 0 Å². The second kappa shape index (κ2) is 6.25. The van der Waals surface area contributed by atoms with E-state index in [1.165, 1.54) is 12.1 Å². The summed E-state index contributed by atoms with van der Waals surface area (Å²) in [7, 11) is 1.80. The Kier molecular flexibility index (Phi) is 2.52. The van der Waals surface area contributed by atoms with Gasteiger partial charge in [-0.15, -0.1) is 0 Å². The van der Waals surface area contributed by atoms with Gasteiger partial charge < -0.3 is 4.42 Å². The molecule has 0 aliphatic heterocycles. The highest BCUT2D eigenvalue weighted by molar-refractivity contribution is 6.12. The van der Waals surface area contributed by atoms with E-state index in [9.17, 15) is 5.26 Å². The Hall–Kier alpha value is -3.12. The van der Waals surface area contributed by atoms with Gasteiger partial charge in [0.15, 0.2) is 5.69 Å². The van der Waals surface area contributed by atoms with Crippen LogP contribution in [0, 0.1) is 25.2 Å². The van der Waals surface area contributed by atoms with Crippen LogP contribution in [0.2, 0.25) is 0 Å². The van der Waals surface area contributed by atoms with Gasteiger partial charge in [0.25, 0.3) is 0 Å². The molecule has 0 aliphatic carbocycles. The van der Waals surface area contributed by atoms with Crippen LogP contribution in [0.1, 0.15) is 51.6 Å². The van der Waals surface area contributed by atoms with E-state index < -0.39 is 19.6 Å². The van der Waals surface area contributed by atoms with Gasteiger partial charge in [-0.05, 0) is 48.2 Å². The fourth-order valence-corrected chi connectivity index (χ4v) is 3.55. The Bertz CT molecular complexity index is 1480. The molecular weight excluding hydrogens is 332 g/mol. The molecule has 4 aromatic rings. The van der Waals surface area contributed by atoms with Gasteiger partial charge in [0.1, 0.15) is 18.2 Å². The van der Waals surface area contributed by atoms with Crippen molar-refractivity contribution in [1.29, 1.82) is 5.26 Å². The molecule has 0 unspecified atom stereocenters. The van der Waals surface area contributed by atoms with Gasteiger partial charge in [0.2, 0.25) is 5.69 Å². The van der Waals surface area contributed by atoms with Crippen molar-refractivity contribution < 1.29 is 18.6 Å². The molecule has 0 amide bonds. The Balaban J connectivity index is 2.12. The molecular formula is C24H23N2O+. The van der Waals surface area contributed by atoms with Gasteiger partial charge in [-0.2, -0.15) is 9.83 Å². The van der Waals surface area contributed by atoms with Gasteiger partial charge in [-0.3, -0.25) is 0 Å². The third-order valence-corrected chi connectivity index (χ3v) is 5.07. The molecule has 3 nitrogen and oxygen atoms in total. The summed E-state index contributed by atoms with van der Waals surface area (Å²) in [5, 5.41) is 10.8. The number of nitriles is 1. The number of benzene rings is 2. The molecule has 2 heterocycles. The second-order valence-corrected chi connectivity index (χ2v) is 6.76. The van der Waals surface area contributed by atoms with Crippen molar-refractivity contribution in [2.75, 3.05) is 0 Å². The fraction of sp³-hybridized carbons (Fsp3) is 0.250. The summed E-state index contributed by atoms with van der Waals surface area (Å²) in [6.45, 7) is -2.52. The SMILES string of the molecule is [2H]C([2H])([2H])C([2H])(c1cc(C)[n+](C)c(-c2c(C)ccc3oc4cc(C#N)ccc4c23)c1)C([2H])([2H])[2H]. The molecule has 0 radical (unpaired) electrons. The average molecular weight is 363 g/mol. The minimum atomic E-state index is -3.08. The monoisotopic (exact) mass is 362 g/mol. The minimum Gasteiger partial charge on any atom is -0.456 e. The van der Waals surface area contributed by atoms with Crippen molar-refractivity contribution in [3.05, 3.63) is 64.8 Å². The first kappa shape index (κ1) is 10.9. The van der Waals surface area contributed by atoms with Crippen LogP contribution in [-0.4, -0.2) is 0 Å². The predicted molar refractivity (Wildman–Crippen MR) is 109 cm³/mol. The van der Waals surface area contributed by atoms with Crippen LogP contribution < -0.4 is 4.57 Å². The number of hydrogen-bond donors (Lipinski definition) is 0. The van der Waals surface area contributed by atoms with Gasteiger partial charge in [0, 0.05) is 39.4 Å². The zero-order valence-corrected chi connectivity index (χ0v) is 15.3. The van der Waals surface area contributed by atoms with Crippen LogP contribution in [0.3, 0.4) is 0 Å². The van der Waals surface area contributed by atoms with Crippen LogP contribution in [0.4, 0.5) is 0 Å². The lowest BCUT2D eigenvalue weighted by Gasteiger charge is -2.12. The van der Waals surface area contributed by atoms with Gasteiger partial charge in [-0.1, -0.05) is 19.8 Å². The Labute approximate surface area is 169 Å². The Morgan fingerprint density at radius 1 is 1.11 bits per heavy atom. The Morgan fingerprint density at radius 2 is 1.93 bits per heavy atom. The second-order valence-electron chi connectivity index (χ2n) is 6.76. The van der Waals surface area contributed by atoms with E-state index in [4.69, 9.17) is 14.0 Å². The quantitative estimate of drug-likeness (QED) is 0.430. The van der Waals surface area contributed by atoms with Crippen LogP contribution in [-0.2, 0) is 7.05 Å². The van der Waals surface area contributed by atoms with Crippen LogP contribution >= 0.6 is 0 Å². The molecule has 0 fully saturated rings. The number of pyridine rings is 1. The van der Waals surface area contributed by atoms with E-state index in [2.05, 4.69) is 6.07 Å². The smallest absolute Gasteiger partial charge is 0.213 e. The van der Waals surface area contributed by atoms with Crippen molar-refractivity contribution in [3.8, 4) is 17.3 Å². The van der Waals surface area contributed by atoms with E-state index in [0.29, 0.717) is 28.1 Å². The third kappa shape index (κ3) is 2.69.